The van der Waals surface area contributed by atoms with Gasteiger partial charge in [-0.2, -0.15) is 13.2 Å². The van der Waals surface area contributed by atoms with Crippen LogP contribution in [0, 0.1) is 0 Å². The van der Waals surface area contributed by atoms with Crippen LogP contribution in [0.3, 0.4) is 0 Å². The van der Waals surface area contributed by atoms with E-state index in [-0.39, 0.29) is 5.39 Å². The van der Waals surface area contributed by atoms with Crippen molar-refractivity contribution in [2.24, 2.45) is 0 Å². The molecule has 0 unspecified atom stereocenters. The number of aryl methyl sites for hydroxylation is 1. The fourth-order valence-corrected chi connectivity index (χ4v) is 1.90. The van der Waals surface area contributed by atoms with E-state index in [9.17, 15) is 18.0 Å². The smallest absolute Gasteiger partial charge is 0.328 e. The normalized spacial score (nSPS) is 12.0. The summed E-state index contributed by atoms with van der Waals surface area (Å²) in [6.45, 7) is 1.83. The summed E-state index contributed by atoms with van der Waals surface area (Å²) in [6, 6.07) is 3.79. The highest BCUT2D eigenvalue weighted by Crippen LogP contribution is 2.33. The van der Waals surface area contributed by atoms with Gasteiger partial charge in [0.2, 0.25) is 0 Å². The molecule has 0 aliphatic heterocycles. The molecule has 1 N–H and O–H groups in total. The van der Waals surface area contributed by atoms with Gasteiger partial charge < -0.3 is 4.98 Å². The zero-order valence-corrected chi connectivity index (χ0v) is 9.06. The number of aromatic nitrogens is 1. The number of hydrogen-bond acceptors (Lipinski definition) is 1. The van der Waals surface area contributed by atoms with Gasteiger partial charge in [-0.25, -0.2) is 0 Å². The van der Waals surface area contributed by atoms with E-state index in [0.717, 1.165) is 6.07 Å². The van der Waals surface area contributed by atoms with Crippen molar-refractivity contribution in [3.05, 3.63) is 45.9 Å². The molecular weight excluding hydrogens is 231 g/mol. The number of aromatic amines is 1. The van der Waals surface area contributed by atoms with Crippen molar-refractivity contribution in [2.75, 3.05) is 0 Å². The molecule has 0 atom stereocenters. The summed E-state index contributed by atoms with van der Waals surface area (Å²) >= 11 is 0. The van der Waals surface area contributed by atoms with Crippen LogP contribution in [-0.4, -0.2) is 4.98 Å². The second-order valence-electron chi connectivity index (χ2n) is 3.72. The molecule has 1 heterocycles. The van der Waals surface area contributed by atoms with Crippen molar-refractivity contribution in [1.82, 2.24) is 4.98 Å². The number of fused-ring (bicyclic) bond motifs is 1. The van der Waals surface area contributed by atoms with Gasteiger partial charge in [0.15, 0.2) is 0 Å². The third-order valence-corrected chi connectivity index (χ3v) is 2.70. The summed E-state index contributed by atoms with van der Waals surface area (Å²) in [5, 5.41) is 0.0884. The van der Waals surface area contributed by atoms with E-state index in [1.807, 2.05) is 6.92 Å². The standard InChI is InChI=1S/C12H10F3NO/c1-2-7-6-16-11(17)10-8(7)4-3-5-9(10)12(13,14)15/h3-6H,2H2,1H3,(H,16,17). The van der Waals surface area contributed by atoms with Crippen molar-refractivity contribution in [1.29, 1.82) is 0 Å². The highest BCUT2D eigenvalue weighted by Gasteiger charge is 2.33. The van der Waals surface area contributed by atoms with Crippen LogP contribution < -0.4 is 5.56 Å². The summed E-state index contributed by atoms with van der Waals surface area (Å²) in [6.07, 6.45) is -2.49. The third-order valence-electron chi connectivity index (χ3n) is 2.70. The maximum absolute atomic E-state index is 12.8. The molecule has 0 fully saturated rings. The molecule has 0 amide bonds. The Labute approximate surface area is 95.1 Å². The number of rotatable bonds is 1. The van der Waals surface area contributed by atoms with Crippen LogP contribution in [0.15, 0.2) is 29.2 Å². The molecule has 0 saturated carbocycles. The zero-order chi connectivity index (χ0) is 12.6. The Bertz CT molecular complexity index is 613. The first-order chi connectivity index (χ1) is 7.95. The van der Waals surface area contributed by atoms with Crippen molar-refractivity contribution < 1.29 is 13.2 Å². The lowest BCUT2D eigenvalue weighted by Crippen LogP contribution is -2.14. The van der Waals surface area contributed by atoms with Gasteiger partial charge in [0.1, 0.15) is 0 Å². The van der Waals surface area contributed by atoms with Crippen LogP contribution in [-0.2, 0) is 12.6 Å². The van der Waals surface area contributed by atoms with Gasteiger partial charge in [-0.1, -0.05) is 19.1 Å². The highest BCUT2D eigenvalue weighted by molar-refractivity contribution is 5.88. The SMILES string of the molecule is CCc1c[nH]c(=O)c2c(C(F)(F)F)cccc12. The number of H-pyrrole nitrogens is 1. The van der Waals surface area contributed by atoms with Crippen molar-refractivity contribution in [3.8, 4) is 0 Å². The number of benzene rings is 1. The van der Waals surface area contributed by atoms with Gasteiger partial charge in [0.25, 0.3) is 5.56 Å². The molecule has 0 saturated heterocycles. The summed E-state index contributed by atoms with van der Waals surface area (Å²) < 4.78 is 38.3. The monoisotopic (exact) mass is 241 g/mol. The Morgan fingerprint density at radius 1 is 1.29 bits per heavy atom. The van der Waals surface area contributed by atoms with E-state index in [1.54, 1.807) is 6.07 Å². The lowest BCUT2D eigenvalue weighted by molar-refractivity contribution is -0.136. The van der Waals surface area contributed by atoms with Crippen molar-refractivity contribution in [3.63, 3.8) is 0 Å². The Morgan fingerprint density at radius 3 is 2.59 bits per heavy atom. The maximum Gasteiger partial charge on any atom is 0.417 e. The molecule has 5 heteroatoms. The molecule has 17 heavy (non-hydrogen) atoms. The molecule has 2 nitrogen and oxygen atoms in total. The highest BCUT2D eigenvalue weighted by atomic mass is 19.4. The molecule has 0 bridgehead atoms. The summed E-state index contributed by atoms with van der Waals surface area (Å²) in [7, 11) is 0. The first-order valence-corrected chi connectivity index (χ1v) is 5.15. The summed E-state index contributed by atoms with van der Waals surface area (Å²) in [4.78, 5) is 13.9. The predicted octanol–water partition coefficient (Wildman–Crippen LogP) is 3.11. The molecule has 0 aliphatic carbocycles. The zero-order valence-electron chi connectivity index (χ0n) is 9.06. The summed E-state index contributed by atoms with van der Waals surface area (Å²) in [5.41, 5.74) is -0.887. The van der Waals surface area contributed by atoms with Crippen LogP contribution in [0.5, 0.6) is 0 Å². The Morgan fingerprint density at radius 2 is 2.00 bits per heavy atom. The Kier molecular flexibility index (Phi) is 2.69. The first-order valence-electron chi connectivity index (χ1n) is 5.15. The Balaban J connectivity index is 2.94. The third kappa shape index (κ3) is 1.92. The molecule has 0 spiro atoms. The van der Waals surface area contributed by atoms with E-state index in [4.69, 9.17) is 0 Å². The van der Waals surface area contributed by atoms with Crippen LogP contribution in [0.2, 0.25) is 0 Å². The number of nitrogens with one attached hydrogen (secondary N) is 1. The van der Waals surface area contributed by atoms with E-state index in [0.29, 0.717) is 17.4 Å². The fourth-order valence-electron chi connectivity index (χ4n) is 1.90. The quantitative estimate of drug-likeness (QED) is 0.817. The fraction of sp³-hybridized carbons (Fsp3) is 0.250. The molecule has 2 aromatic rings. The van der Waals surface area contributed by atoms with E-state index in [2.05, 4.69) is 4.98 Å². The van der Waals surface area contributed by atoms with E-state index >= 15 is 0 Å². The number of hydrogen-bond donors (Lipinski definition) is 1. The first kappa shape index (κ1) is 11.7. The average molecular weight is 241 g/mol. The van der Waals surface area contributed by atoms with E-state index in [1.165, 1.54) is 12.3 Å². The second-order valence-corrected chi connectivity index (χ2v) is 3.72. The minimum Gasteiger partial charge on any atom is -0.328 e. The van der Waals surface area contributed by atoms with Crippen LogP contribution >= 0.6 is 0 Å². The van der Waals surface area contributed by atoms with Crippen LogP contribution in [0.4, 0.5) is 13.2 Å². The molecule has 2 rings (SSSR count). The van der Waals surface area contributed by atoms with Gasteiger partial charge in [-0.15, -0.1) is 0 Å². The van der Waals surface area contributed by atoms with Gasteiger partial charge in [-0.05, 0) is 23.4 Å². The molecular formula is C12H10F3NO. The van der Waals surface area contributed by atoms with Gasteiger partial charge in [0.05, 0.1) is 10.9 Å². The molecule has 1 aromatic heterocycles. The van der Waals surface area contributed by atoms with E-state index < -0.39 is 17.3 Å². The molecule has 1 aromatic carbocycles. The lowest BCUT2D eigenvalue weighted by Gasteiger charge is -2.11. The van der Waals surface area contributed by atoms with Gasteiger partial charge in [-0.3, -0.25) is 4.79 Å². The molecule has 0 radical (unpaired) electrons. The molecule has 0 aliphatic rings. The number of halogens is 3. The summed E-state index contributed by atoms with van der Waals surface area (Å²) in [5.74, 6) is 0. The van der Waals surface area contributed by atoms with Crippen LogP contribution in [0.1, 0.15) is 18.1 Å². The van der Waals surface area contributed by atoms with Crippen molar-refractivity contribution >= 4 is 10.8 Å². The average Bonchev–Trinajstić information content (AvgIpc) is 2.28. The number of alkyl halides is 3. The molecule has 90 valence electrons. The second kappa shape index (κ2) is 3.91. The van der Waals surface area contributed by atoms with Crippen molar-refractivity contribution in [2.45, 2.75) is 19.5 Å². The maximum atomic E-state index is 12.8. The van der Waals surface area contributed by atoms with Gasteiger partial charge in [0, 0.05) is 6.20 Å². The largest absolute Gasteiger partial charge is 0.417 e. The minimum atomic E-state index is -4.52. The Hall–Kier alpha value is -1.78. The minimum absolute atomic E-state index is 0.278. The van der Waals surface area contributed by atoms with Crippen LogP contribution in [0.25, 0.3) is 10.8 Å². The van der Waals surface area contributed by atoms with Gasteiger partial charge >= 0.3 is 6.18 Å². The lowest BCUT2D eigenvalue weighted by atomic mass is 10.0. The predicted molar refractivity (Wildman–Crippen MR) is 58.9 cm³/mol. The number of pyridine rings is 1. The topological polar surface area (TPSA) is 32.9 Å².